The fourth-order valence-corrected chi connectivity index (χ4v) is 1.91. The average Bonchev–Trinajstić information content (AvgIpc) is 2.42. The molecule has 0 atom stereocenters. The number of hydrogen-bond acceptors (Lipinski definition) is 4. The molecule has 0 bridgehead atoms. The van der Waals surface area contributed by atoms with Gasteiger partial charge in [0.2, 0.25) is 0 Å². The highest BCUT2D eigenvalue weighted by atomic mass is 15.0. The van der Waals surface area contributed by atoms with Gasteiger partial charge in [0.1, 0.15) is 0 Å². The predicted octanol–water partition coefficient (Wildman–Crippen LogP) is 3.26. The summed E-state index contributed by atoms with van der Waals surface area (Å²) >= 11 is 0. The lowest BCUT2D eigenvalue weighted by Gasteiger charge is -2.09. The number of nitrogens with zero attached hydrogens (tertiary/aromatic N) is 2. The molecule has 1 heterocycles. The molecule has 0 saturated heterocycles. The fraction of sp³-hybridized carbons (Fsp3) is 0.0667. The van der Waals surface area contributed by atoms with Crippen molar-refractivity contribution < 1.29 is 0 Å². The van der Waals surface area contributed by atoms with Crippen LogP contribution in [0.4, 0.5) is 17.2 Å². The minimum Gasteiger partial charge on any atom is -0.399 e. The second-order valence-corrected chi connectivity index (χ2v) is 4.39. The number of hydrogen-bond donors (Lipinski definition) is 2. The van der Waals surface area contributed by atoms with E-state index in [9.17, 15) is 0 Å². The lowest BCUT2D eigenvalue weighted by Crippen LogP contribution is -1.99. The Bertz CT molecular complexity index is 720. The first kappa shape index (κ1) is 11.5. The number of aryl methyl sites for hydroxylation is 1. The van der Waals surface area contributed by atoms with Crippen LogP contribution in [0.15, 0.2) is 48.5 Å². The Kier molecular flexibility index (Phi) is 2.76. The first-order chi connectivity index (χ1) is 9.22. The normalized spacial score (nSPS) is 10.6. The number of anilines is 3. The number of para-hydroxylation sites is 2. The van der Waals surface area contributed by atoms with Gasteiger partial charge in [-0.2, -0.15) is 0 Å². The number of fused-ring (bicyclic) bond motifs is 1. The van der Waals surface area contributed by atoms with Crippen LogP contribution in [0.5, 0.6) is 0 Å². The number of benzene rings is 2. The SMILES string of the molecule is Cc1nc2ccccc2nc1Nc1ccc(N)cc1. The van der Waals surface area contributed by atoms with Gasteiger partial charge < -0.3 is 11.1 Å². The van der Waals surface area contributed by atoms with Crippen LogP contribution in [0.3, 0.4) is 0 Å². The van der Waals surface area contributed by atoms with Crippen LogP contribution in [0.2, 0.25) is 0 Å². The van der Waals surface area contributed by atoms with Crippen LogP contribution >= 0.6 is 0 Å². The molecule has 0 aliphatic carbocycles. The quantitative estimate of drug-likeness (QED) is 0.685. The molecule has 0 saturated carbocycles. The summed E-state index contributed by atoms with van der Waals surface area (Å²) in [5.41, 5.74) is 10.0. The van der Waals surface area contributed by atoms with E-state index in [0.717, 1.165) is 33.9 Å². The highest BCUT2D eigenvalue weighted by molar-refractivity contribution is 5.77. The summed E-state index contributed by atoms with van der Waals surface area (Å²) in [5.74, 6) is 0.767. The Labute approximate surface area is 111 Å². The lowest BCUT2D eigenvalue weighted by atomic mass is 10.2. The summed E-state index contributed by atoms with van der Waals surface area (Å²) in [4.78, 5) is 9.13. The smallest absolute Gasteiger partial charge is 0.152 e. The first-order valence-corrected chi connectivity index (χ1v) is 6.08. The third kappa shape index (κ3) is 2.33. The zero-order valence-electron chi connectivity index (χ0n) is 10.6. The van der Waals surface area contributed by atoms with E-state index in [1.165, 1.54) is 0 Å². The number of aromatic nitrogens is 2. The van der Waals surface area contributed by atoms with Gasteiger partial charge in [-0.3, -0.25) is 0 Å². The van der Waals surface area contributed by atoms with Crippen molar-refractivity contribution in [2.75, 3.05) is 11.1 Å². The second kappa shape index (κ2) is 4.57. The third-order valence-electron chi connectivity index (χ3n) is 2.92. The van der Waals surface area contributed by atoms with E-state index in [1.54, 1.807) is 0 Å². The Hall–Kier alpha value is -2.62. The number of nitrogens with one attached hydrogen (secondary N) is 1. The van der Waals surface area contributed by atoms with Crippen molar-refractivity contribution in [1.29, 1.82) is 0 Å². The highest BCUT2D eigenvalue weighted by Gasteiger charge is 2.04. The van der Waals surface area contributed by atoms with Crippen LogP contribution in [-0.4, -0.2) is 9.97 Å². The van der Waals surface area contributed by atoms with Crippen molar-refractivity contribution >= 4 is 28.2 Å². The molecule has 3 aromatic rings. The first-order valence-electron chi connectivity index (χ1n) is 6.08. The molecule has 1 aromatic heterocycles. The molecule has 0 unspecified atom stereocenters. The van der Waals surface area contributed by atoms with Crippen molar-refractivity contribution in [3.63, 3.8) is 0 Å². The van der Waals surface area contributed by atoms with E-state index < -0.39 is 0 Å². The Balaban J connectivity index is 2.00. The molecule has 0 aliphatic heterocycles. The van der Waals surface area contributed by atoms with Gasteiger partial charge in [-0.05, 0) is 43.3 Å². The standard InChI is InChI=1S/C15H14N4/c1-10-15(18-12-8-6-11(16)7-9-12)19-14-5-3-2-4-13(14)17-10/h2-9H,16H2,1H3,(H,18,19). The molecule has 0 radical (unpaired) electrons. The molecular weight excluding hydrogens is 236 g/mol. The summed E-state index contributed by atoms with van der Waals surface area (Å²) in [6.45, 7) is 1.94. The van der Waals surface area contributed by atoms with Crippen molar-refractivity contribution in [2.24, 2.45) is 0 Å². The van der Waals surface area contributed by atoms with Crippen molar-refractivity contribution in [3.8, 4) is 0 Å². The molecule has 3 rings (SSSR count). The van der Waals surface area contributed by atoms with Crippen LogP contribution in [-0.2, 0) is 0 Å². The topological polar surface area (TPSA) is 63.8 Å². The van der Waals surface area contributed by atoms with E-state index >= 15 is 0 Å². The molecule has 0 fully saturated rings. The number of nitrogens with two attached hydrogens (primary N) is 1. The van der Waals surface area contributed by atoms with Gasteiger partial charge in [-0.1, -0.05) is 12.1 Å². The summed E-state index contributed by atoms with van der Waals surface area (Å²) in [7, 11) is 0. The Morgan fingerprint density at radius 3 is 2.21 bits per heavy atom. The monoisotopic (exact) mass is 250 g/mol. The van der Waals surface area contributed by atoms with Gasteiger partial charge in [0.15, 0.2) is 5.82 Å². The van der Waals surface area contributed by atoms with Gasteiger partial charge in [0.05, 0.1) is 16.7 Å². The average molecular weight is 250 g/mol. The molecule has 4 heteroatoms. The fourth-order valence-electron chi connectivity index (χ4n) is 1.91. The van der Waals surface area contributed by atoms with Crippen LogP contribution in [0.25, 0.3) is 11.0 Å². The third-order valence-corrected chi connectivity index (χ3v) is 2.92. The highest BCUT2D eigenvalue weighted by Crippen LogP contribution is 2.21. The molecule has 94 valence electrons. The van der Waals surface area contributed by atoms with Gasteiger partial charge in [0, 0.05) is 11.4 Å². The zero-order valence-corrected chi connectivity index (χ0v) is 10.6. The molecular formula is C15H14N4. The van der Waals surface area contributed by atoms with E-state index in [2.05, 4.69) is 15.3 Å². The molecule has 0 amide bonds. The summed E-state index contributed by atoms with van der Waals surface area (Å²) in [5, 5.41) is 3.26. The molecule has 0 spiro atoms. The second-order valence-electron chi connectivity index (χ2n) is 4.39. The Morgan fingerprint density at radius 2 is 1.53 bits per heavy atom. The molecule has 2 aromatic carbocycles. The molecule has 3 N–H and O–H groups in total. The maximum atomic E-state index is 5.67. The largest absolute Gasteiger partial charge is 0.399 e. The van der Waals surface area contributed by atoms with Gasteiger partial charge >= 0.3 is 0 Å². The summed E-state index contributed by atoms with van der Waals surface area (Å²) in [6, 6.07) is 15.4. The van der Waals surface area contributed by atoms with E-state index in [1.807, 2.05) is 55.5 Å². The minimum atomic E-state index is 0.742. The number of nitrogen functional groups attached to an aromatic ring is 1. The van der Waals surface area contributed by atoms with Crippen molar-refractivity contribution in [3.05, 3.63) is 54.2 Å². The Morgan fingerprint density at radius 1 is 0.895 bits per heavy atom. The van der Waals surface area contributed by atoms with Gasteiger partial charge in [-0.15, -0.1) is 0 Å². The van der Waals surface area contributed by atoms with E-state index in [4.69, 9.17) is 5.73 Å². The maximum absolute atomic E-state index is 5.67. The molecule has 19 heavy (non-hydrogen) atoms. The maximum Gasteiger partial charge on any atom is 0.152 e. The van der Waals surface area contributed by atoms with E-state index in [-0.39, 0.29) is 0 Å². The lowest BCUT2D eigenvalue weighted by molar-refractivity contribution is 1.18. The minimum absolute atomic E-state index is 0.742. The molecule has 4 nitrogen and oxygen atoms in total. The van der Waals surface area contributed by atoms with E-state index in [0.29, 0.717) is 0 Å². The van der Waals surface area contributed by atoms with Gasteiger partial charge in [-0.25, -0.2) is 9.97 Å². The summed E-state index contributed by atoms with van der Waals surface area (Å²) < 4.78 is 0. The number of rotatable bonds is 2. The van der Waals surface area contributed by atoms with Crippen molar-refractivity contribution in [1.82, 2.24) is 9.97 Å². The van der Waals surface area contributed by atoms with Crippen LogP contribution in [0.1, 0.15) is 5.69 Å². The summed E-state index contributed by atoms with van der Waals surface area (Å²) in [6.07, 6.45) is 0. The van der Waals surface area contributed by atoms with Crippen LogP contribution < -0.4 is 11.1 Å². The van der Waals surface area contributed by atoms with Gasteiger partial charge in [0.25, 0.3) is 0 Å². The van der Waals surface area contributed by atoms with Crippen LogP contribution in [0, 0.1) is 6.92 Å². The molecule has 0 aliphatic rings. The predicted molar refractivity (Wildman–Crippen MR) is 78.4 cm³/mol. The zero-order chi connectivity index (χ0) is 13.2. The van der Waals surface area contributed by atoms with Crippen molar-refractivity contribution in [2.45, 2.75) is 6.92 Å².